The zero-order chi connectivity index (χ0) is 23.0. The van der Waals surface area contributed by atoms with Crippen LogP contribution in [0, 0.1) is 16.7 Å². The number of nitrogens with two attached hydrogens (primary N) is 1. The summed E-state index contributed by atoms with van der Waals surface area (Å²) in [5, 5.41) is 8.97. The molecule has 2 aliphatic rings. The molecule has 0 aliphatic carbocycles. The average Bonchev–Trinajstić information content (AvgIpc) is 3.08. The van der Waals surface area contributed by atoms with Crippen LogP contribution in [-0.2, 0) is 21.0 Å². The van der Waals surface area contributed by atoms with Crippen molar-refractivity contribution >= 4 is 21.6 Å². The highest BCUT2D eigenvalue weighted by Gasteiger charge is 2.51. The van der Waals surface area contributed by atoms with Crippen LogP contribution in [0.4, 0.5) is 18.9 Å². The molecule has 1 unspecified atom stereocenters. The van der Waals surface area contributed by atoms with Gasteiger partial charge in [-0.2, -0.15) is 22.7 Å². The number of hydrogen-bond acceptors (Lipinski definition) is 5. The fraction of sp³-hybridized carbons (Fsp3) is 0.600. The van der Waals surface area contributed by atoms with Crippen molar-refractivity contribution in [2.75, 3.05) is 30.3 Å². The molecule has 1 aromatic carbocycles. The van der Waals surface area contributed by atoms with Gasteiger partial charge in [0.15, 0.2) is 0 Å². The number of halogens is 3. The van der Waals surface area contributed by atoms with Gasteiger partial charge in [0.05, 0.1) is 22.9 Å². The number of rotatable bonds is 5. The number of benzene rings is 1. The number of hydrogen-bond donors (Lipinski definition) is 1. The quantitative estimate of drug-likeness (QED) is 0.729. The monoisotopic (exact) mass is 458 g/mol. The van der Waals surface area contributed by atoms with Crippen molar-refractivity contribution in [1.29, 1.82) is 5.26 Å². The lowest BCUT2D eigenvalue weighted by molar-refractivity contribution is -0.137. The van der Waals surface area contributed by atoms with Gasteiger partial charge in [-0.15, -0.1) is 0 Å². The van der Waals surface area contributed by atoms with E-state index in [0.29, 0.717) is 44.5 Å². The number of carbonyl (C=O) groups excluding carboxylic acids is 1. The van der Waals surface area contributed by atoms with Crippen LogP contribution < -0.4 is 10.6 Å². The van der Waals surface area contributed by atoms with Gasteiger partial charge in [-0.3, -0.25) is 4.79 Å². The predicted molar refractivity (Wildman–Crippen MR) is 108 cm³/mol. The molecular weight excluding hydrogens is 433 g/mol. The van der Waals surface area contributed by atoms with Gasteiger partial charge < -0.3 is 10.6 Å². The Kier molecular flexibility index (Phi) is 6.26. The zero-order valence-electron chi connectivity index (χ0n) is 17.2. The number of nitriles is 1. The van der Waals surface area contributed by atoms with E-state index < -0.39 is 44.7 Å². The number of sulfonamides is 1. The molecule has 0 aromatic heterocycles. The molecule has 2 aliphatic heterocycles. The highest BCUT2D eigenvalue weighted by molar-refractivity contribution is 7.89. The van der Waals surface area contributed by atoms with Crippen LogP contribution in [0.1, 0.15) is 43.7 Å². The summed E-state index contributed by atoms with van der Waals surface area (Å²) in [7, 11) is -3.61. The first-order chi connectivity index (χ1) is 14.4. The molecule has 2 heterocycles. The minimum atomic E-state index is -4.63. The molecule has 3 rings (SSSR count). The summed E-state index contributed by atoms with van der Waals surface area (Å²) in [5.74, 6) is -0.745. The largest absolute Gasteiger partial charge is 0.417 e. The van der Waals surface area contributed by atoms with Crippen molar-refractivity contribution in [2.24, 2.45) is 11.1 Å². The van der Waals surface area contributed by atoms with Gasteiger partial charge in [-0.25, -0.2) is 8.42 Å². The van der Waals surface area contributed by atoms with Gasteiger partial charge in [0.2, 0.25) is 15.9 Å². The maximum atomic E-state index is 13.3. The molecule has 31 heavy (non-hydrogen) atoms. The lowest BCUT2D eigenvalue weighted by atomic mass is 9.76. The molecule has 0 saturated carbocycles. The maximum absolute atomic E-state index is 13.3. The van der Waals surface area contributed by atoms with Crippen LogP contribution in [0.2, 0.25) is 0 Å². The number of alkyl halides is 3. The zero-order valence-corrected chi connectivity index (χ0v) is 18.0. The van der Waals surface area contributed by atoms with Gasteiger partial charge in [0.25, 0.3) is 0 Å². The van der Waals surface area contributed by atoms with E-state index in [1.54, 1.807) is 17.9 Å². The fourth-order valence-corrected chi connectivity index (χ4v) is 6.38. The van der Waals surface area contributed by atoms with Crippen molar-refractivity contribution in [3.63, 3.8) is 0 Å². The lowest BCUT2D eigenvalue weighted by Gasteiger charge is -2.40. The summed E-state index contributed by atoms with van der Waals surface area (Å²) in [6.07, 6.45) is -2.84. The minimum Gasteiger partial charge on any atom is -0.371 e. The van der Waals surface area contributed by atoms with Crippen LogP contribution in [-0.4, -0.2) is 50.1 Å². The predicted octanol–water partition coefficient (Wildman–Crippen LogP) is 2.46. The molecule has 1 atom stereocenters. The molecule has 0 radical (unpaired) electrons. The summed E-state index contributed by atoms with van der Waals surface area (Å²) in [4.78, 5) is 13.7. The third-order valence-electron chi connectivity index (χ3n) is 6.23. The Morgan fingerprint density at radius 2 is 1.97 bits per heavy atom. The Morgan fingerprint density at radius 1 is 1.32 bits per heavy atom. The molecule has 1 amide bonds. The van der Waals surface area contributed by atoms with Crippen molar-refractivity contribution in [3.05, 3.63) is 29.3 Å². The van der Waals surface area contributed by atoms with Crippen LogP contribution in [0.3, 0.4) is 0 Å². The van der Waals surface area contributed by atoms with E-state index in [1.807, 2.05) is 0 Å². The molecule has 2 N–H and O–H groups in total. The smallest absolute Gasteiger partial charge is 0.371 e. The summed E-state index contributed by atoms with van der Waals surface area (Å²) in [6, 6.07) is 4.32. The molecule has 1 spiro atoms. The molecular formula is C20H25F3N4O3S. The van der Waals surface area contributed by atoms with Crippen molar-refractivity contribution in [3.8, 4) is 6.07 Å². The number of anilines is 1. The highest BCUT2D eigenvalue weighted by Crippen LogP contribution is 2.45. The van der Waals surface area contributed by atoms with Crippen molar-refractivity contribution < 1.29 is 26.4 Å². The third kappa shape index (κ3) is 4.65. The summed E-state index contributed by atoms with van der Waals surface area (Å²) >= 11 is 0. The fourth-order valence-electron chi connectivity index (χ4n) is 4.59. The number of carbonyl (C=O) groups is 1. The van der Waals surface area contributed by atoms with Crippen LogP contribution >= 0.6 is 0 Å². The normalized spacial score (nSPS) is 21.9. The molecule has 2 fully saturated rings. The Bertz CT molecular complexity index is 996. The second-order valence-corrected chi connectivity index (χ2v) is 10.4. The topological polar surface area (TPSA) is 108 Å². The number of amides is 1. The Labute approximate surface area is 179 Å². The Hall–Kier alpha value is -2.32. The van der Waals surface area contributed by atoms with Gasteiger partial charge in [0.1, 0.15) is 6.04 Å². The number of nitrogens with zero attached hydrogens (tertiary/aromatic N) is 3. The first kappa shape index (κ1) is 23.3. The Balaban J connectivity index is 1.79. The van der Waals surface area contributed by atoms with Crippen LogP contribution in [0.15, 0.2) is 18.2 Å². The van der Waals surface area contributed by atoms with Crippen LogP contribution in [0.5, 0.6) is 0 Å². The van der Waals surface area contributed by atoms with Gasteiger partial charge in [-0.05, 0) is 49.3 Å². The van der Waals surface area contributed by atoms with E-state index >= 15 is 0 Å². The average molecular weight is 459 g/mol. The summed E-state index contributed by atoms with van der Waals surface area (Å²) < 4.78 is 66.3. The first-order valence-electron chi connectivity index (χ1n) is 10.1. The second kappa shape index (κ2) is 8.31. The second-order valence-electron chi connectivity index (χ2n) is 8.31. The molecule has 11 heteroatoms. The standard InChI is InChI=1S/C20H25F3N4O3S/c1-2-9-31(29,30)27-13-19(11-17(27)18(25)28)5-7-26(8-6-19)15-4-3-14(12-24)16(10-15)20(21,22)23/h3-4,10,17H,2,5-9,11,13H2,1H3,(H2,25,28). The maximum Gasteiger partial charge on any atom is 0.417 e. The van der Waals surface area contributed by atoms with E-state index in [9.17, 15) is 26.4 Å². The van der Waals surface area contributed by atoms with Crippen molar-refractivity contribution in [2.45, 2.75) is 44.8 Å². The first-order valence-corrected chi connectivity index (χ1v) is 11.7. The number of piperidine rings is 1. The van der Waals surface area contributed by atoms with E-state index in [2.05, 4.69) is 0 Å². The minimum absolute atomic E-state index is 0.0650. The van der Waals surface area contributed by atoms with E-state index in [4.69, 9.17) is 11.0 Å². The highest BCUT2D eigenvalue weighted by atomic mass is 32.2. The molecule has 7 nitrogen and oxygen atoms in total. The SMILES string of the molecule is CCCS(=O)(=O)N1CC2(CCN(c3ccc(C#N)c(C(F)(F)F)c3)CC2)CC1C(N)=O. The summed E-state index contributed by atoms with van der Waals surface area (Å²) in [6.45, 7) is 2.76. The molecule has 1 aromatic rings. The number of primary amides is 1. The van der Waals surface area contributed by atoms with E-state index in [1.165, 1.54) is 16.4 Å². The molecule has 2 saturated heterocycles. The van der Waals surface area contributed by atoms with Gasteiger partial charge in [0, 0.05) is 25.3 Å². The molecule has 170 valence electrons. The lowest BCUT2D eigenvalue weighted by Crippen LogP contribution is -2.45. The van der Waals surface area contributed by atoms with Crippen LogP contribution in [0.25, 0.3) is 0 Å². The van der Waals surface area contributed by atoms with Crippen molar-refractivity contribution in [1.82, 2.24) is 4.31 Å². The van der Waals surface area contributed by atoms with Gasteiger partial charge >= 0.3 is 6.18 Å². The van der Waals surface area contributed by atoms with Gasteiger partial charge in [-0.1, -0.05) is 6.92 Å². The summed E-state index contributed by atoms with van der Waals surface area (Å²) in [5.41, 5.74) is 4.01. The van der Waals surface area contributed by atoms with E-state index in [0.717, 1.165) is 6.07 Å². The Morgan fingerprint density at radius 3 is 2.48 bits per heavy atom. The molecule has 0 bridgehead atoms. The third-order valence-corrected chi connectivity index (χ3v) is 8.25. The van der Waals surface area contributed by atoms with E-state index in [-0.39, 0.29) is 12.3 Å².